The third kappa shape index (κ3) is 2.50. The molecule has 1 aromatic carbocycles. The van der Waals surface area contributed by atoms with Gasteiger partial charge in [0.05, 0.1) is 0 Å². The van der Waals surface area contributed by atoms with Gasteiger partial charge in [0.1, 0.15) is 0 Å². The fourth-order valence-corrected chi connectivity index (χ4v) is 2.37. The molecule has 3 nitrogen and oxygen atoms in total. The van der Waals surface area contributed by atoms with Crippen molar-refractivity contribution in [2.24, 2.45) is 5.92 Å². The minimum absolute atomic E-state index is 0.110. The van der Waals surface area contributed by atoms with Crippen LogP contribution in [0.4, 0.5) is 0 Å². The summed E-state index contributed by atoms with van der Waals surface area (Å²) in [5.74, 6) is 0.367. The van der Waals surface area contributed by atoms with Crippen LogP contribution in [-0.4, -0.2) is 35.6 Å². The molecule has 0 radical (unpaired) electrons. The average Bonchev–Trinajstić information content (AvgIpc) is 2.86. The fourth-order valence-electron chi connectivity index (χ4n) is 2.37. The number of benzene rings is 1. The van der Waals surface area contributed by atoms with Crippen LogP contribution in [0.3, 0.4) is 0 Å². The molecule has 2 rings (SSSR count). The molecule has 1 aliphatic rings. The van der Waals surface area contributed by atoms with Gasteiger partial charge >= 0.3 is 0 Å². The molecule has 1 aromatic rings. The van der Waals surface area contributed by atoms with E-state index in [1.54, 1.807) is 0 Å². The smallest absolute Gasteiger partial charge is 0.254 e. The van der Waals surface area contributed by atoms with Gasteiger partial charge in [0.25, 0.3) is 5.91 Å². The van der Waals surface area contributed by atoms with E-state index in [4.69, 9.17) is 5.11 Å². The number of carbonyl (C=O) groups is 1. The number of aliphatic hydroxyl groups excluding tert-OH is 1. The maximum atomic E-state index is 12.3. The predicted octanol–water partition coefficient (Wildman–Crippen LogP) is 1.70. The Labute approximate surface area is 102 Å². The molecule has 1 heterocycles. The predicted molar refractivity (Wildman–Crippen MR) is 66.9 cm³/mol. The summed E-state index contributed by atoms with van der Waals surface area (Å²) < 4.78 is 0. The Morgan fingerprint density at radius 3 is 2.88 bits per heavy atom. The Morgan fingerprint density at radius 2 is 2.24 bits per heavy atom. The SMILES string of the molecule is CCc1ccccc1C(=O)N1CCC(CO)C1. The summed E-state index contributed by atoms with van der Waals surface area (Å²) in [5.41, 5.74) is 1.92. The largest absolute Gasteiger partial charge is 0.396 e. The molecule has 1 saturated heterocycles. The van der Waals surface area contributed by atoms with E-state index in [-0.39, 0.29) is 18.4 Å². The first kappa shape index (κ1) is 12.1. The van der Waals surface area contributed by atoms with E-state index in [0.717, 1.165) is 30.5 Å². The molecule has 0 aromatic heterocycles. The number of aryl methyl sites for hydroxylation is 1. The van der Waals surface area contributed by atoms with Crippen LogP contribution < -0.4 is 0 Å². The molecule has 1 atom stereocenters. The molecular formula is C14H19NO2. The molecule has 3 heteroatoms. The van der Waals surface area contributed by atoms with Crippen molar-refractivity contribution in [3.63, 3.8) is 0 Å². The lowest BCUT2D eigenvalue weighted by Crippen LogP contribution is -2.29. The van der Waals surface area contributed by atoms with Gasteiger partial charge in [-0.2, -0.15) is 0 Å². The molecule has 17 heavy (non-hydrogen) atoms. The summed E-state index contributed by atoms with van der Waals surface area (Å²) in [6.45, 7) is 3.70. The molecule has 1 N–H and O–H groups in total. The summed E-state index contributed by atoms with van der Waals surface area (Å²) in [6.07, 6.45) is 1.79. The lowest BCUT2D eigenvalue weighted by atomic mass is 10.0. The van der Waals surface area contributed by atoms with Crippen LogP contribution in [0, 0.1) is 5.92 Å². The Morgan fingerprint density at radius 1 is 1.47 bits per heavy atom. The van der Waals surface area contributed by atoms with Crippen molar-refractivity contribution in [2.75, 3.05) is 19.7 Å². The second kappa shape index (κ2) is 5.32. The van der Waals surface area contributed by atoms with E-state index in [9.17, 15) is 4.79 Å². The molecule has 0 aliphatic carbocycles. The highest BCUT2D eigenvalue weighted by molar-refractivity contribution is 5.95. The summed E-state index contributed by atoms with van der Waals surface area (Å²) in [4.78, 5) is 14.2. The molecule has 0 spiro atoms. The van der Waals surface area contributed by atoms with Crippen LogP contribution in [0.15, 0.2) is 24.3 Å². The Hall–Kier alpha value is -1.35. The van der Waals surface area contributed by atoms with Crippen LogP contribution >= 0.6 is 0 Å². The first-order valence-electron chi connectivity index (χ1n) is 6.24. The number of amides is 1. The van der Waals surface area contributed by atoms with Gasteiger partial charge in [0.15, 0.2) is 0 Å². The van der Waals surface area contributed by atoms with Crippen molar-refractivity contribution < 1.29 is 9.90 Å². The van der Waals surface area contributed by atoms with Crippen LogP contribution in [0.5, 0.6) is 0 Å². The van der Waals surface area contributed by atoms with E-state index in [1.165, 1.54) is 0 Å². The maximum absolute atomic E-state index is 12.3. The maximum Gasteiger partial charge on any atom is 0.254 e. The van der Waals surface area contributed by atoms with E-state index in [2.05, 4.69) is 6.92 Å². The summed E-state index contributed by atoms with van der Waals surface area (Å²) in [5, 5.41) is 9.10. The Bertz CT molecular complexity index is 403. The van der Waals surface area contributed by atoms with Crippen LogP contribution in [0.1, 0.15) is 29.3 Å². The zero-order chi connectivity index (χ0) is 12.3. The number of rotatable bonds is 3. The van der Waals surface area contributed by atoms with Gasteiger partial charge in [-0.05, 0) is 24.5 Å². The highest BCUT2D eigenvalue weighted by Gasteiger charge is 2.27. The molecule has 1 fully saturated rings. The second-order valence-corrected chi connectivity index (χ2v) is 4.60. The highest BCUT2D eigenvalue weighted by atomic mass is 16.3. The van der Waals surface area contributed by atoms with Crippen molar-refractivity contribution in [1.82, 2.24) is 4.90 Å². The van der Waals surface area contributed by atoms with E-state index in [1.807, 2.05) is 29.2 Å². The third-order valence-corrected chi connectivity index (χ3v) is 3.46. The van der Waals surface area contributed by atoms with Gasteiger partial charge in [0, 0.05) is 31.2 Å². The monoisotopic (exact) mass is 233 g/mol. The minimum Gasteiger partial charge on any atom is -0.396 e. The van der Waals surface area contributed by atoms with Crippen LogP contribution in [0.2, 0.25) is 0 Å². The number of likely N-dealkylation sites (tertiary alicyclic amines) is 1. The first-order chi connectivity index (χ1) is 8.26. The average molecular weight is 233 g/mol. The number of carbonyl (C=O) groups excluding carboxylic acids is 1. The molecular weight excluding hydrogens is 214 g/mol. The van der Waals surface area contributed by atoms with Crippen LogP contribution in [-0.2, 0) is 6.42 Å². The number of hydrogen-bond donors (Lipinski definition) is 1. The second-order valence-electron chi connectivity index (χ2n) is 4.60. The topological polar surface area (TPSA) is 40.5 Å². The lowest BCUT2D eigenvalue weighted by molar-refractivity contribution is 0.0781. The lowest BCUT2D eigenvalue weighted by Gasteiger charge is -2.18. The van der Waals surface area contributed by atoms with Gasteiger partial charge in [-0.3, -0.25) is 4.79 Å². The summed E-state index contributed by atoms with van der Waals surface area (Å²) in [6, 6.07) is 7.78. The molecule has 0 bridgehead atoms. The number of aliphatic hydroxyl groups is 1. The number of hydrogen-bond acceptors (Lipinski definition) is 2. The highest BCUT2D eigenvalue weighted by Crippen LogP contribution is 2.20. The van der Waals surface area contributed by atoms with E-state index in [0.29, 0.717) is 6.54 Å². The molecule has 92 valence electrons. The Kier molecular flexibility index (Phi) is 3.79. The Balaban J connectivity index is 2.15. The molecule has 1 unspecified atom stereocenters. The molecule has 1 aliphatic heterocycles. The zero-order valence-corrected chi connectivity index (χ0v) is 10.2. The quantitative estimate of drug-likeness (QED) is 0.863. The molecule has 1 amide bonds. The van der Waals surface area contributed by atoms with E-state index < -0.39 is 0 Å². The van der Waals surface area contributed by atoms with Gasteiger partial charge in [-0.15, -0.1) is 0 Å². The van der Waals surface area contributed by atoms with Gasteiger partial charge in [-0.25, -0.2) is 0 Å². The van der Waals surface area contributed by atoms with Crippen molar-refractivity contribution in [3.8, 4) is 0 Å². The zero-order valence-electron chi connectivity index (χ0n) is 10.2. The fraction of sp³-hybridized carbons (Fsp3) is 0.500. The van der Waals surface area contributed by atoms with Crippen molar-refractivity contribution in [2.45, 2.75) is 19.8 Å². The standard InChI is InChI=1S/C14H19NO2/c1-2-12-5-3-4-6-13(12)14(17)15-8-7-11(9-15)10-16/h3-6,11,16H,2,7-10H2,1H3. The van der Waals surface area contributed by atoms with Crippen molar-refractivity contribution in [3.05, 3.63) is 35.4 Å². The van der Waals surface area contributed by atoms with Gasteiger partial charge in [0.2, 0.25) is 0 Å². The van der Waals surface area contributed by atoms with Crippen molar-refractivity contribution in [1.29, 1.82) is 0 Å². The molecule has 0 saturated carbocycles. The normalized spacial score (nSPS) is 19.6. The van der Waals surface area contributed by atoms with E-state index >= 15 is 0 Å². The third-order valence-electron chi connectivity index (χ3n) is 3.46. The summed E-state index contributed by atoms with van der Waals surface area (Å²) in [7, 11) is 0. The van der Waals surface area contributed by atoms with Gasteiger partial charge in [-0.1, -0.05) is 25.1 Å². The van der Waals surface area contributed by atoms with Crippen molar-refractivity contribution >= 4 is 5.91 Å². The van der Waals surface area contributed by atoms with Crippen LogP contribution in [0.25, 0.3) is 0 Å². The minimum atomic E-state index is 0.110. The summed E-state index contributed by atoms with van der Waals surface area (Å²) >= 11 is 0. The van der Waals surface area contributed by atoms with Gasteiger partial charge < -0.3 is 10.0 Å². The number of nitrogens with zero attached hydrogens (tertiary/aromatic N) is 1. The first-order valence-corrected chi connectivity index (χ1v) is 6.24.